The highest BCUT2D eigenvalue weighted by Gasteiger charge is 2.10. The van der Waals surface area contributed by atoms with Crippen molar-refractivity contribution < 1.29 is 19.2 Å². The van der Waals surface area contributed by atoms with Gasteiger partial charge in [-0.25, -0.2) is 4.79 Å². The number of ether oxygens (including phenoxy) is 1. The van der Waals surface area contributed by atoms with Gasteiger partial charge in [-0.3, -0.25) is 14.9 Å². The molecule has 8 heteroatoms. The molecule has 0 heterocycles. The Labute approximate surface area is 132 Å². The summed E-state index contributed by atoms with van der Waals surface area (Å²) in [6, 6.07) is 7.53. The number of nitro groups is 1. The summed E-state index contributed by atoms with van der Waals surface area (Å²) in [6.07, 6.45) is 2.76. The van der Waals surface area contributed by atoms with E-state index in [1.54, 1.807) is 0 Å². The molecule has 23 heavy (non-hydrogen) atoms. The molecule has 0 unspecified atom stereocenters. The van der Waals surface area contributed by atoms with Crippen molar-refractivity contribution in [3.63, 3.8) is 0 Å². The van der Waals surface area contributed by atoms with Crippen LogP contribution in [0, 0.1) is 21.4 Å². The average Bonchev–Trinajstić information content (AvgIpc) is 2.55. The van der Waals surface area contributed by atoms with Crippen molar-refractivity contribution in [2.45, 2.75) is 6.42 Å². The van der Waals surface area contributed by atoms with Crippen LogP contribution in [0.2, 0.25) is 0 Å². The first kappa shape index (κ1) is 17.8. The number of nitrogens with zero attached hydrogens (tertiary/aromatic N) is 3. The first-order valence-corrected chi connectivity index (χ1v) is 6.64. The summed E-state index contributed by atoms with van der Waals surface area (Å²) in [4.78, 5) is 34.4. The van der Waals surface area contributed by atoms with Crippen LogP contribution in [0.5, 0.6) is 0 Å². The van der Waals surface area contributed by atoms with Crippen molar-refractivity contribution in [3.8, 4) is 6.07 Å². The minimum absolute atomic E-state index is 0.0456. The molecule has 0 aliphatic carbocycles. The van der Waals surface area contributed by atoms with Crippen LogP contribution in [0.3, 0.4) is 0 Å². The highest BCUT2D eigenvalue weighted by molar-refractivity contribution is 5.89. The number of benzene rings is 1. The molecule has 0 saturated heterocycles. The van der Waals surface area contributed by atoms with Gasteiger partial charge in [0.15, 0.2) is 6.61 Å². The van der Waals surface area contributed by atoms with Gasteiger partial charge < -0.3 is 9.64 Å². The lowest BCUT2D eigenvalue weighted by molar-refractivity contribution is -0.384. The number of hydrogen-bond acceptors (Lipinski definition) is 6. The second-order valence-corrected chi connectivity index (χ2v) is 4.51. The topological polar surface area (TPSA) is 114 Å². The summed E-state index contributed by atoms with van der Waals surface area (Å²) < 4.78 is 4.78. The summed E-state index contributed by atoms with van der Waals surface area (Å²) in [5.41, 5.74) is 0.542. The van der Waals surface area contributed by atoms with Gasteiger partial charge in [0, 0.05) is 31.8 Å². The van der Waals surface area contributed by atoms with E-state index in [4.69, 9.17) is 10.00 Å². The number of rotatable bonds is 7. The maximum atomic E-state index is 11.6. The molecule has 120 valence electrons. The van der Waals surface area contributed by atoms with Gasteiger partial charge >= 0.3 is 5.97 Å². The molecular formula is C15H15N3O5. The molecule has 0 radical (unpaired) electrons. The zero-order valence-corrected chi connectivity index (χ0v) is 12.5. The van der Waals surface area contributed by atoms with E-state index >= 15 is 0 Å². The Kier molecular flexibility index (Phi) is 6.94. The van der Waals surface area contributed by atoms with Crippen LogP contribution in [0.1, 0.15) is 12.0 Å². The highest BCUT2D eigenvalue weighted by Crippen LogP contribution is 2.12. The molecule has 1 aromatic rings. The highest BCUT2D eigenvalue weighted by atomic mass is 16.6. The fourth-order valence-electron chi connectivity index (χ4n) is 1.50. The SMILES string of the molecule is CN(CCC#N)C(=O)COC(=O)/C=C/c1ccc([N+](=O)[O-])cc1. The van der Waals surface area contributed by atoms with E-state index in [0.29, 0.717) is 5.56 Å². The van der Waals surface area contributed by atoms with E-state index in [2.05, 4.69) is 0 Å². The van der Waals surface area contributed by atoms with Gasteiger partial charge in [0.1, 0.15) is 0 Å². The molecule has 8 nitrogen and oxygen atoms in total. The quantitative estimate of drug-likeness (QED) is 0.326. The van der Waals surface area contributed by atoms with E-state index in [1.807, 2.05) is 6.07 Å². The van der Waals surface area contributed by atoms with Gasteiger partial charge in [-0.1, -0.05) is 0 Å². The molecule has 0 bridgehead atoms. The average molecular weight is 317 g/mol. The third-order valence-corrected chi connectivity index (χ3v) is 2.84. The Morgan fingerprint density at radius 2 is 2.04 bits per heavy atom. The Balaban J connectivity index is 2.45. The Hall–Kier alpha value is -3.21. The summed E-state index contributed by atoms with van der Waals surface area (Å²) in [6.45, 7) is -0.142. The molecule has 1 rings (SSSR count). The van der Waals surface area contributed by atoms with Crippen LogP contribution < -0.4 is 0 Å². The zero-order valence-electron chi connectivity index (χ0n) is 12.5. The number of non-ortho nitro benzene ring substituents is 1. The number of carbonyl (C=O) groups is 2. The number of nitro benzene ring substituents is 1. The maximum Gasteiger partial charge on any atom is 0.331 e. The predicted molar refractivity (Wildman–Crippen MR) is 81.0 cm³/mol. The molecule has 0 atom stereocenters. The van der Waals surface area contributed by atoms with Gasteiger partial charge in [-0.15, -0.1) is 0 Å². The van der Waals surface area contributed by atoms with E-state index in [0.717, 1.165) is 6.08 Å². The predicted octanol–water partition coefficient (Wildman–Crippen LogP) is 1.52. The molecule has 0 aliphatic heterocycles. The Bertz CT molecular complexity index is 646. The molecule has 0 aromatic heterocycles. The lowest BCUT2D eigenvalue weighted by Crippen LogP contribution is -2.31. The largest absolute Gasteiger partial charge is 0.452 e. The third kappa shape index (κ3) is 6.39. The Morgan fingerprint density at radius 1 is 1.39 bits per heavy atom. The lowest BCUT2D eigenvalue weighted by Gasteiger charge is -2.14. The van der Waals surface area contributed by atoms with Crippen molar-refractivity contribution in [1.82, 2.24) is 4.90 Å². The van der Waals surface area contributed by atoms with Gasteiger partial charge in [-0.2, -0.15) is 5.26 Å². The molecule has 0 aliphatic rings. The normalized spacial score (nSPS) is 10.1. The van der Waals surface area contributed by atoms with Crippen molar-refractivity contribution in [2.24, 2.45) is 0 Å². The molecule has 0 spiro atoms. The Morgan fingerprint density at radius 3 is 2.61 bits per heavy atom. The van der Waals surface area contributed by atoms with Crippen molar-refractivity contribution >= 4 is 23.6 Å². The maximum absolute atomic E-state index is 11.6. The number of esters is 1. The summed E-state index contributed by atoms with van der Waals surface area (Å²) in [7, 11) is 1.51. The van der Waals surface area contributed by atoms with Crippen LogP contribution >= 0.6 is 0 Å². The smallest absolute Gasteiger partial charge is 0.331 e. The van der Waals surface area contributed by atoms with E-state index in [1.165, 1.54) is 42.3 Å². The van der Waals surface area contributed by atoms with Crippen molar-refractivity contribution in [3.05, 3.63) is 46.0 Å². The molecule has 0 N–H and O–H groups in total. The molecular weight excluding hydrogens is 302 g/mol. The minimum Gasteiger partial charge on any atom is -0.452 e. The monoisotopic (exact) mass is 317 g/mol. The van der Waals surface area contributed by atoms with Gasteiger partial charge in [-0.05, 0) is 23.8 Å². The molecule has 1 aromatic carbocycles. The second-order valence-electron chi connectivity index (χ2n) is 4.51. The van der Waals surface area contributed by atoms with E-state index in [-0.39, 0.29) is 18.7 Å². The second kappa shape index (κ2) is 8.94. The number of amides is 1. The van der Waals surface area contributed by atoms with Gasteiger partial charge in [0.25, 0.3) is 11.6 Å². The van der Waals surface area contributed by atoms with Crippen LogP contribution in [-0.2, 0) is 14.3 Å². The molecule has 0 fully saturated rings. The number of carbonyl (C=O) groups excluding carboxylic acids is 2. The number of likely N-dealkylation sites (N-methyl/N-ethyl adjacent to an activating group) is 1. The van der Waals surface area contributed by atoms with Gasteiger partial charge in [0.05, 0.1) is 17.4 Å². The number of hydrogen-bond donors (Lipinski definition) is 0. The fraction of sp³-hybridized carbons (Fsp3) is 0.267. The third-order valence-electron chi connectivity index (χ3n) is 2.84. The summed E-state index contributed by atoms with van der Waals surface area (Å²) in [5, 5.41) is 18.9. The first-order chi connectivity index (χ1) is 10.9. The fourth-order valence-corrected chi connectivity index (χ4v) is 1.50. The zero-order chi connectivity index (χ0) is 17.2. The van der Waals surface area contributed by atoms with Crippen LogP contribution in [0.4, 0.5) is 5.69 Å². The standard InChI is InChI=1S/C15H15N3O5/c1-17(10-2-9-16)14(19)11-23-15(20)8-5-12-3-6-13(7-4-12)18(21)22/h3-8H,2,10-11H2,1H3/b8-5+. The molecule has 1 amide bonds. The van der Waals surface area contributed by atoms with E-state index in [9.17, 15) is 19.7 Å². The first-order valence-electron chi connectivity index (χ1n) is 6.64. The van der Waals surface area contributed by atoms with Crippen LogP contribution in [-0.4, -0.2) is 41.9 Å². The summed E-state index contributed by atoms with van der Waals surface area (Å²) in [5.74, 6) is -1.11. The lowest BCUT2D eigenvalue weighted by atomic mass is 10.2. The van der Waals surface area contributed by atoms with Crippen LogP contribution in [0.15, 0.2) is 30.3 Å². The van der Waals surface area contributed by atoms with E-state index < -0.39 is 23.4 Å². The minimum atomic E-state index is -0.703. The van der Waals surface area contributed by atoms with Crippen LogP contribution in [0.25, 0.3) is 6.08 Å². The molecule has 0 saturated carbocycles. The number of nitriles is 1. The van der Waals surface area contributed by atoms with Crippen molar-refractivity contribution in [1.29, 1.82) is 5.26 Å². The summed E-state index contributed by atoms with van der Waals surface area (Å²) >= 11 is 0. The van der Waals surface area contributed by atoms with Gasteiger partial charge in [0.2, 0.25) is 0 Å². The van der Waals surface area contributed by atoms with Crippen molar-refractivity contribution in [2.75, 3.05) is 20.2 Å².